The molecule has 8 heteroatoms. The zero-order valence-electron chi connectivity index (χ0n) is 15.7. The van der Waals surface area contributed by atoms with E-state index in [0.29, 0.717) is 23.5 Å². The van der Waals surface area contributed by atoms with Crippen molar-refractivity contribution >= 4 is 17.7 Å². The molecule has 1 N–H and O–H groups in total. The molecule has 0 bridgehead atoms. The Hall–Kier alpha value is -1.28. The summed E-state index contributed by atoms with van der Waals surface area (Å²) in [7, 11) is 0. The summed E-state index contributed by atoms with van der Waals surface area (Å²) in [4.78, 5) is 26.5. The second-order valence-corrected chi connectivity index (χ2v) is 8.37. The van der Waals surface area contributed by atoms with Crippen LogP contribution in [0.25, 0.3) is 0 Å². The first kappa shape index (κ1) is 20.0. The third kappa shape index (κ3) is 6.18. The third-order valence-corrected chi connectivity index (χ3v) is 4.94. The summed E-state index contributed by atoms with van der Waals surface area (Å²) in [6.45, 7) is 11.2. The summed E-state index contributed by atoms with van der Waals surface area (Å²) in [6.07, 6.45) is 2.04. The lowest BCUT2D eigenvalue weighted by atomic mass is 10.1. The van der Waals surface area contributed by atoms with Gasteiger partial charge in [-0.3, -0.25) is 9.36 Å². The number of H-pyrrole nitrogens is 1. The molecule has 0 saturated carbocycles. The second kappa shape index (κ2) is 9.43. The van der Waals surface area contributed by atoms with Crippen molar-refractivity contribution < 1.29 is 9.53 Å². The van der Waals surface area contributed by atoms with Gasteiger partial charge in [-0.15, -0.1) is 5.10 Å². The minimum Gasteiger partial charge on any atom is -0.376 e. The SMILES string of the molecule is CC(C)CN(CC(C)C)C(=O)CSc1n[nH]c(=O)n1CC1CCCO1. The van der Waals surface area contributed by atoms with Crippen molar-refractivity contribution in [3.05, 3.63) is 10.5 Å². The van der Waals surface area contributed by atoms with Crippen LogP contribution in [0.5, 0.6) is 0 Å². The highest BCUT2D eigenvalue weighted by Gasteiger charge is 2.21. The molecule has 142 valence electrons. The molecule has 1 aromatic heterocycles. The Morgan fingerprint density at radius 3 is 2.60 bits per heavy atom. The summed E-state index contributed by atoms with van der Waals surface area (Å²) in [6, 6.07) is 0. The number of hydrogen-bond acceptors (Lipinski definition) is 5. The fourth-order valence-electron chi connectivity index (χ4n) is 2.94. The molecule has 0 aliphatic carbocycles. The van der Waals surface area contributed by atoms with E-state index in [1.54, 1.807) is 4.57 Å². The highest BCUT2D eigenvalue weighted by atomic mass is 32.2. The highest BCUT2D eigenvalue weighted by Crippen LogP contribution is 2.19. The summed E-state index contributed by atoms with van der Waals surface area (Å²) in [5, 5.41) is 7.12. The first-order valence-corrected chi connectivity index (χ1v) is 10.0. The van der Waals surface area contributed by atoms with Crippen LogP contribution in [0.3, 0.4) is 0 Å². The summed E-state index contributed by atoms with van der Waals surface area (Å²) in [5.74, 6) is 1.23. The maximum absolute atomic E-state index is 12.6. The van der Waals surface area contributed by atoms with E-state index in [0.717, 1.165) is 32.5 Å². The van der Waals surface area contributed by atoms with E-state index in [4.69, 9.17) is 4.74 Å². The second-order valence-electron chi connectivity index (χ2n) is 7.43. The molecule has 0 spiro atoms. The van der Waals surface area contributed by atoms with Crippen molar-refractivity contribution in [1.29, 1.82) is 0 Å². The minimum atomic E-state index is -0.244. The van der Waals surface area contributed by atoms with Crippen LogP contribution in [0.15, 0.2) is 9.95 Å². The molecular weight excluding hydrogens is 340 g/mol. The summed E-state index contributed by atoms with van der Waals surface area (Å²) >= 11 is 1.32. The van der Waals surface area contributed by atoms with Crippen molar-refractivity contribution in [2.45, 2.75) is 58.3 Å². The first-order chi connectivity index (χ1) is 11.9. The molecule has 1 fully saturated rings. The molecule has 25 heavy (non-hydrogen) atoms. The number of nitrogens with zero attached hydrogens (tertiary/aromatic N) is 3. The van der Waals surface area contributed by atoms with Crippen LogP contribution in [0.1, 0.15) is 40.5 Å². The van der Waals surface area contributed by atoms with Crippen LogP contribution < -0.4 is 5.69 Å². The molecular formula is C17H30N4O3S. The Kier molecular flexibility index (Phi) is 7.56. The number of aromatic amines is 1. The first-order valence-electron chi connectivity index (χ1n) is 9.04. The minimum absolute atomic E-state index is 0.0590. The van der Waals surface area contributed by atoms with Crippen molar-refractivity contribution in [3.63, 3.8) is 0 Å². The Bertz CT molecular complexity index is 595. The van der Waals surface area contributed by atoms with Gasteiger partial charge in [0.2, 0.25) is 5.91 Å². The number of aromatic nitrogens is 3. The van der Waals surface area contributed by atoms with E-state index in [9.17, 15) is 9.59 Å². The largest absolute Gasteiger partial charge is 0.376 e. The van der Waals surface area contributed by atoms with Gasteiger partial charge >= 0.3 is 5.69 Å². The van der Waals surface area contributed by atoms with Gasteiger partial charge in [0.25, 0.3) is 0 Å². The Morgan fingerprint density at radius 1 is 1.36 bits per heavy atom. The van der Waals surface area contributed by atoms with Gasteiger partial charge in [-0.25, -0.2) is 9.89 Å². The van der Waals surface area contributed by atoms with Crippen LogP contribution in [-0.4, -0.2) is 57.1 Å². The van der Waals surface area contributed by atoms with Crippen molar-refractivity contribution in [2.24, 2.45) is 11.8 Å². The predicted molar refractivity (Wildman–Crippen MR) is 98.8 cm³/mol. The molecule has 0 radical (unpaired) electrons. The van der Waals surface area contributed by atoms with Gasteiger partial charge in [-0.05, 0) is 24.7 Å². The van der Waals surface area contributed by atoms with Gasteiger partial charge in [-0.1, -0.05) is 39.5 Å². The average Bonchev–Trinajstić information content (AvgIpc) is 3.15. The van der Waals surface area contributed by atoms with Crippen LogP contribution in [0, 0.1) is 11.8 Å². The standard InChI is InChI=1S/C17H30N4O3S/c1-12(2)8-20(9-13(3)4)15(22)11-25-17-19-18-16(23)21(17)10-14-6-5-7-24-14/h12-14H,5-11H2,1-4H3,(H,18,23). The van der Waals surface area contributed by atoms with E-state index >= 15 is 0 Å². The lowest BCUT2D eigenvalue weighted by molar-refractivity contribution is -0.129. The number of nitrogens with one attached hydrogen (secondary N) is 1. The molecule has 2 heterocycles. The van der Waals surface area contributed by atoms with Crippen LogP contribution in [0.4, 0.5) is 0 Å². The Balaban J connectivity index is 1.97. The monoisotopic (exact) mass is 370 g/mol. The van der Waals surface area contributed by atoms with Crippen LogP contribution >= 0.6 is 11.8 Å². The van der Waals surface area contributed by atoms with E-state index in [1.807, 2.05) is 4.90 Å². The quantitative estimate of drug-likeness (QED) is 0.672. The van der Waals surface area contributed by atoms with Crippen LogP contribution in [0.2, 0.25) is 0 Å². The third-order valence-electron chi connectivity index (χ3n) is 3.98. The lowest BCUT2D eigenvalue weighted by Crippen LogP contribution is -2.38. The smallest absolute Gasteiger partial charge is 0.344 e. The average molecular weight is 371 g/mol. The molecule has 1 aliphatic rings. The number of thioether (sulfide) groups is 1. The van der Waals surface area contributed by atoms with Crippen LogP contribution in [-0.2, 0) is 16.1 Å². The lowest BCUT2D eigenvalue weighted by Gasteiger charge is -2.26. The summed E-state index contributed by atoms with van der Waals surface area (Å²) < 4.78 is 7.19. The highest BCUT2D eigenvalue weighted by molar-refractivity contribution is 7.99. The maximum atomic E-state index is 12.6. The number of ether oxygens (including phenoxy) is 1. The number of amides is 1. The van der Waals surface area contributed by atoms with E-state index in [1.165, 1.54) is 11.8 Å². The van der Waals surface area contributed by atoms with E-state index in [-0.39, 0.29) is 23.5 Å². The molecule has 1 atom stereocenters. The number of rotatable bonds is 9. The Labute approximate surface area is 153 Å². The Morgan fingerprint density at radius 2 is 2.04 bits per heavy atom. The van der Waals surface area contributed by atoms with Crippen molar-refractivity contribution in [1.82, 2.24) is 19.7 Å². The number of carbonyl (C=O) groups excluding carboxylic acids is 1. The van der Waals surface area contributed by atoms with Gasteiger partial charge in [0.1, 0.15) is 0 Å². The molecule has 7 nitrogen and oxygen atoms in total. The molecule has 1 amide bonds. The fraction of sp³-hybridized carbons (Fsp3) is 0.824. The van der Waals surface area contributed by atoms with Crippen molar-refractivity contribution in [3.8, 4) is 0 Å². The molecule has 1 saturated heterocycles. The molecule has 1 unspecified atom stereocenters. The number of hydrogen-bond donors (Lipinski definition) is 1. The van der Waals surface area contributed by atoms with Gasteiger partial charge in [0, 0.05) is 19.7 Å². The summed E-state index contributed by atoms with van der Waals surface area (Å²) in [5.41, 5.74) is -0.244. The normalized spacial score (nSPS) is 17.6. The fourth-order valence-corrected chi connectivity index (χ4v) is 3.80. The maximum Gasteiger partial charge on any atom is 0.344 e. The zero-order chi connectivity index (χ0) is 18.4. The van der Waals surface area contributed by atoms with Gasteiger partial charge < -0.3 is 9.64 Å². The number of carbonyl (C=O) groups is 1. The topological polar surface area (TPSA) is 80.2 Å². The van der Waals surface area contributed by atoms with Gasteiger partial charge in [0.15, 0.2) is 5.16 Å². The molecule has 1 aromatic rings. The van der Waals surface area contributed by atoms with Gasteiger partial charge in [-0.2, -0.15) is 0 Å². The molecule has 2 rings (SSSR count). The van der Waals surface area contributed by atoms with Crippen molar-refractivity contribution in [2.75, 3.05) is 25.4 Å². The van der Waals surface area contributed by atoms with Gasteiger partial charge in [0.05, 0.1) is 18.4 Å². The molecule has 0 aromatic carbocycles. The van der Waals surface area contributed by atoms with E-state index in [2.05, 4.69) is 37.9 Å². The molecule has 1 aliphatic heterocycles. The predicted octanol–water partition coefficient (Wildman–Crippen LogP) is 1.98. The van der Waals surface area contributed by atoms with E-state index < -0.39 is 0 Å². The zero-order valence-corrected chi connectivity index (χ0v) is 16.5.